The van der Waals surface area contributed by atoms with Gasteiger partial charge < -0.3 is 59.6 Å². The number of para-hydroxylation sites is 1. The first-order valence-corrected chi connectivity index (χ1v) is 44.3. The van der Waals surface area contributed by atoms with E-state index in [-0.39, 0.29) is 87.7 Å². The summed E-state index contributed by atoms with van der Waals surface area (Å²) in [6.07, 6.45) is 3.93. The number of fused-ring (bicyclic) bond motifs is 9. The summed E-state index contributed by atoms with van der Waals surface area (Å²) in [5.74, 6) is -1.00. The third-order valence-corrected chi connectivity index (χ3v) is 27.4. The van der Waals surface area contributed by atoms with Crippen LogP contribution in [0, 0.1) is 6.92 Å². The van der Waals surface area contributed by atoms with Gasteiger partial charge in [0.2, 0.25) is 17.8 Å². The molecule has 123 heavy (non-hydrogen) atoms. The number of halogens is 2. The maximum absolute atomic E-state index is 14.0. The molecule has 9 aromatic carbocycles. The first kappa shape index (κ1) is 83.8. The Morgan fingerprint density at radius 3 is 0.967 bits per heavy atom. The van der Waals surface area contributed by atoms with E-state index in [1.807, 2.05) is 61.5 Å². The lowest BCUT2D eigenvalue weighted by Crippen LogP contribution is -2.44. The summed E-state index contributed by atoms with van der Waals surface area (Å²) in [5.41, 5.74) is 11.4. The average molecular weight is 1750 g/mol. The van der Waals surface area contributed by atoms with Crippen LogP contribution in [0.2, 0.25) is 10.0 Å². The van der Waals surface area contributed by atoms with Crippen LogP contribution in [0.4, 0.5) is 86.1 Å². The highest BCUT2D eigenvalue weighted by atomic mass is 35.5. The molecule has 3 N–H and O–H groups in total. The normalized spacial score (nSPS) is 16.1. The van der Waals surface area contributed by atoms with Crippen molar-refractivity contribution < 1.29 is 53.8 Å². The molecule has 9 heterocycles. The fourth-order valence-corrected chi connectivity index (χ4v) is 20.5. The third kappa shape index (κ3) is 17.3. The van der Waals surface area contributed by atoms with Crippen molar-refractivity contribution in [1.29, 1.82) is 0 Å². The first-order chi connectivity index (χ1) is 59.2. The predicted molar refractivity (Wildman–Crippen MR) is 477 cm³/mol. The van der Waals surface area contributed by atoms with E-state index in [0.717, 1.165) is 123 Å². The summed E-state index contributed by atoms with van der Waals surface area (Å²) in [7, 11) is -2.24. The number of hydrogen-bond donors (Lipinski definition) is 3. The number of carbonyl (C=O) groups excluding carboxylic acids is 3. The van der Waals surface area contributed by atoms with Gasteiger partial charge in [-0.15, -0.1) is 0 Å². The van der Waals surface area contributed by atoms with Gasteiger partial charge in [0.25, 0.3) is 30.1 Å². The number of esters is 3. The van der Waals surface area contributed by atoms with E-state index >= 15 is 0 Å². The first-order valence-electron chi connectivity index (χ1n) is 39.2. The second kappa shape index (κ2) is 34.9. The summed E-state index contributed by atoms with van der Waals surface area (Å²) in [5, 5.41) is 10.1. The van der Waals surface area contributed by atoms with Crippen LogP contribution in [-0.2, 0) is 44.3 Å². The lowest BCUT2D eigenvalue weighted by Gasteiger charge is -2.34. The molecular weight excluding hydrogens is 1670 g/mol. The predicted octanol–water partition coefficient (Wildman–Crippen LogP) is 14.4. The van der Waals surface area contributed by atoms with Crippen LogP contribution in [0.5, 0.6) is 0 Å². The SMILES string of the molecule is COC(=O)c1ccc2c(c1)N(c1cc(Cl)cc(Cl)c1)S(=O)(=O)c1cnc(Nc3ccc(N4CCN(C)CC4)cc3)nc1-2.COC(=O)c1ccc2c(c1)N(c1cccc(C)c1)S(=O)(=O)c1cnc(Nc3ccc(N4CCN(C)CC4)cc3)nc1-2.COC(=O)c1ccc2c(c1)N(c1ccccc1)S(=O)(=O)c1cnc(Nc3ccc(N4CCN(C)CC4)cc3)nc1-2. The fraction of sp³-hybridized carbons (Fsp3) is 0.216. The van der Waals surface area contributed by atoms with Crippen molar-refractivity contribution >= 4 is 157 Å². The van der Waals surface area contributed by atoms with E-state index in [1.54, 1.807) is 84.9 Å². The van der Waals surface area contributed by atoms with Crippen LogP contribution >= 0.6 is 23.2 Å². The Bertz CT molecular complexity index is 6410. The van der Waals surface area contributed by atoms with Crippen LogP contribution in [0.3, 0.4) is 0 Å². The minimum absolute atomic E-state index is 0.0201. The van der Waals surface area contributed by atoms with Crippen molar-refractivity contribution in [2.45, 2.75) is 21.6 Å². The van der Waals surface area contributed by atoms with Gasteiger partial charge in [0.05, 0.1) is 108 Å². The number of rotatable bonds is 15. The number of carbonyl (C=O) groups is 3. The number of hydrogen-bond acceptors (Lipinski definition) is 27. The average Bonchev–Trinajstić information content (AvgIpc) is 0.730. The molecule has 30 nitrogen and oxygen atoms in total. The zero-order valence-electron chi connectivity index (χ0n) is 67.9. The van der Waals surface area contributed by atoms with Crippen molar-refractivity contribution in [3.63, 3.8) is 0 Å². The smallest absolute Gasteiger partial charge is 0.337 e. The van der Waals surface area contributed by atoms with E-state index < -0.39 is 48.0 Å². The molecule has 3 saturated heterocycles. The summed E-state index contributed by atoms with van der Waals surface area (Å²) in [6, 6.07) is 58.6. The number of nitrogens with zero attached hydrogens (tertiary/aromatic N) is 15. The number of nitrogens with one attached hydrogen (secondary N) is 3. The molecule has 3 fully saturated rings. The highest BCUT2D eigenvalue weighted by Crippen LogP contribution is 2.51. The number of likely N-dealkylation sites (N-methyl/N-ethyl adjacent to an activating group) is 3. The van der Waals surface area contributed by atoms with E-state index in [4.69, 9.17) is 37.4 Å². The molecule has 0 atom stereocenters. The zero-order chi connectivity index (χ0) is 86.2. The highest BCUT2D eigenvalue weighted by molar-refractivity contribution is 7.94. The Morgan fingerprint density at radius 1 is 0.341 bits per heavy atom. The molecule has 6 aliphatic heterocycles. The molecule has 0 amide bonds. The van der Waals surface area contributed by atoms with Crippen molar-refractivity contribution in [3.05, 3.63) is 251 Å². The lowest BCUT2D eigenvalue weighted by atomic mass is 10.0. The number of ether oxygens (including phenoxy) is 3. The topological polar surface area (TPSA) is 324 Å². The number of sulfonamides is 3. The number of benzene rings is 9. The lowest BCUT2D eigenvalue weighted by molar-refractivity contribution is 0.0592. The molecule has 3 aromatic heterocycles. The molecule has 630 valence electrons. The summed E-state index contributed by atoms with van der Waals surface area (Å²) in [4.78, 5) is 77.8. The summed E-state index contributed by atoms with van der Waals surface area (Å²) >= 11 is 12.5. The third-order valence-electron chi connectivity index (χ3n) is 21.8. The molecule has 0 radical (unpaired) electrons. The van der Waals surface area contributed by atoms with Gasteiger partial charge >= 0.3 is 17.9 Å². The van der Waals surface area contributed by atoms with Gasteiger partial charge in [-0.05, 0) is 203 Å². The van der Waals surface area contributed by atoms with Gasteiger partial charge in [-0.3, -0.25) is 0 Å². The van der Waals surface area contributed by atoms with Gasteiger partial charge in [0, 0.05) is 139 Å². The van der Waals surface area contributed by atoms with Crippen LogP contribution in [0.25, 0.3) is 33.8 Å². The van der Waals surface area contributed by atoms with E-state index in [2.05, 4.69) is 121 Å². The van der Waals surface area contributed by atoms with Gasteiger partial charge in [0.1, 0.15) is 14.7 Å². The second-order valence-electron chi connectivity index (χ2n) is 29.9. The van der Waals surface area contributed by atoms with Gasteiger partial charge in [-0.1, -0.05) is 53.5 Å². The van der Waals surface area contributed by atoms with Crippen LogP contribution in [0.15, 0.2) is 233 Å². The number of aromatic nitrogens is 6. The molecule has 0 aliphatic carbocycles. The minimum Gasteiger partial charge on any atom is -0.465 e. The maximum atomic E-state index is 14.0. The maximum Gasteiger partial charge on any atom is 0.337 e. The van der Waals surface area contributed by atoms with Gasteiger partial charge in [-0.2, -0.15) is 0 Å². The van der Waals surface area contributed by atoms with Crippen molar-refractivity contribution in [2.24, 2.45) is 0 Å². The summed E-state index contributed by atoms with van der Waals surface area (Å²) in [6.45, 7) is 13.8. The minimum atomic E-state index is -4.24. The molecule has 12 aromatic rings. The number of piperazine rings is 3. The summed E-state index contributed by atoms with van der Waals surface area (Å²) < 4.78 is 102. The number of methoxy groups -OCH3 is 3. The van der Waals surface area contributed by atoms with Crippen molar-refractivity contribution in [2.75, 3.05) is 165 Å². The largest absolute Gasteiger partial charge is 0.465 e. The molecule has 0 spiro atoms. The number of anilines is 15. The van der Waals surface area contributed by atoms with E-state index in [0.29, 0.717) is 39.4 Å². The van der Waals surface area contributed by atoms with E-state index in [1.165, 1.54) is 84.9 Å². The van der Waals surface area contributed by atoms with Gasteiger partial charge in [-0.25, -0.2) is 82.5 Å². The Kier molecular flexibility index (Phi) is 23.8. The van der Waals surface area contributed by atoms with E-state index in [9.17, 15) is 39.6 Å². The van der Waals surface area contributed by atoms with Crippen molar-refractivity contribution in [1.82, 2.24) is 44.6 Å². The molecule has 0 saturated carbocycles. The molecule has 35 heteroatoms. The van der Waals surface area contributed by atoms with Crippen LogP contribution in [0.1, 0.15) is 36.6 Å². The molecule has 6 aliphatic rings. The van der Waals surface area contributed by atoms with Crippen LogP contribution in [-0.4, -0.2) is 209 Å². The highest BCUT2D eigenvalue weighted by Gasteiger charge is 2.43. The molecule has 18 rings (SSSR count). The molecular formula is C88H84Cl2N18O12S3. The Hall–Kier alpha value is -12.9. The van der Waals surface area contributed by atoms with Gasteiger partial charge in [0.15, 0.2) is 0 Å². The number of aryl methyl sites for hydroxylation is 1. The molecule has 0 bridgehead atoms. The van der Waals surface area contributed by atoms with Crippen LogP contribution < -0.4 is 43.6 Å². The zero-order valence-corrected chi connectivity index (χ0v) is 71.8. The second-order valence-corrected chi connectivity index (χ2v) is 36.0. The Morgan fingerprint density at radius 2 is 0.650 bits per heavy atom. The van der Waals surface area contributed by atoms with Crippen molar-refractivity contribution in [3.8, 4) is 33.8 Å². The Balaban J connectivity index is 0.000000137. The Labute approximate surface area is 722 Å². The fourth-order valence-electron chi connectivity index (χ4n) is 15.2. The molecule has 0 unspecified atom stereocenters. The standard InChI is InChI=1S/C30H30N6O4S.C29H26Cl2N6O4S.C29H28N6O4S/c1-20-5-4-6-24(17-20)36-26-18-21(29(37)40-3)7-12-25(26)28-27(41(36,38)39)19-31-30(33-28)32-22-8-10-23(11-9-22)35-15-13-34(2)14-16-35;1-35-9-11-36(12-10-35)22-6-4-21(5-7-22)33-29-32-17-26-27(34-29)24-8-3-18(28(38)41-2)13-25(24)37(42(26,39)40)23-15-19(30)14-20(31)16-23;1-33-14-16-34(17-15-33)22-11-9-21(10-12-22)31-29-30-19-26-27(32-29)24-13-8-20(28(36)39-2)18-25(24)35(40(26,37)38)23-6-4-3-5-7-23/h4-12,17-19H,13-16H2,1-3H3,(H,31,32,33);3-8,13-17H,9-12H2,1-2H3,(H,32,33,34);3-13,18-19H,14-17H2,1-2H3,(H,30,31,32). The quantitative estimate of drug-likeness (QED) is 0.0634. The monoisotopic (exact) mass is 1750 g/mol.